The predicted octanol–water partition coefficient (Wildman–Crippen LogP) is 4.72. The van der Waals surface area contributed by atoms with Crippen LogP contribution in [0.2, 0.25) is 0 Å². The van der Waals surface area contributed by atoms with Gasteiger partial charge < -0.3 is 5.32 Å². The summed E-state index contributed by atoms with van der Waals surface area (Å²) in [6.07, 6.45) is 5.08. The predicted molar refractivity (Wildman–Crippen MR) is 82.0 cm³/mol. The van der Waals surface area contributed by atoms with E-state index in [1.807, 2.05) is 12.1 Å². The van der Waals surface area contributed by atoms with Gasteiger partial charge in [0.2, 0.25) is 0 Å². The summed E-state index contributed by atoms with van der Waals surface area (Å²) in [7, 11) is 0. The first-order chi connectivity index (χ1) is 9.20. The molecule has 0 saturated heterocycles. The third kappa shape index (κ3) is 4.44. The molecule has 106 valence electrons. The van der Waals surface area contributed by atoms with Gasteiger partial charge in [0.15, 0.2) is 0 Å². The Morgan fingerprint density at radius 1 is 1.26 bits per heavy atom. The minimum atomic E-state index is -0.153. The Kier molecular flexibility index (Phi) is 6.11. The molecule has 1 aliphatic rings. The Morgan fingerprint density at radius 3 is 2.68 bits per heavy atom. The summed E-state index contributed by atoms with van der Waals surface area (Å²) in [5.41, 5.74) is 0.724. The van der Waals surface area contributed by atoms with Crippen molar-refractivity contribution in [1.29, 1.82) is 0 Å². The highest BCUT2D eigenvalue weighted by Crippen LogP contribution is 2.30. The molecule has 0 spiro atoms. The molecule has 0 radical (unpaired) electrons. The van der Waals surface area contributed by atoms with Gasteiger partial charge in [-0.1, -0.05) is 34.8 Å². The highest BCUT2D eigenvalue weighted by molar-refractivity contribution is 9.10. The molecule has 2 rings (SSSR count). The summed E-state index contributed by atoms with van der Waals surface area (Å²) in [4.78, 5) is 0. The van der Waals surface area contributed by atoms with Crippen LogP contribution in [0.3, 0.4) is 0 Å². The summed E-state index contributed by atoms with van der Waals surface area (Å²) < 4.78 is 14.4. The number of hydrogen-bond donors (Lipinski definition) is 1. The molecule has 1 nitrogen and oxygen atoms in total. The normalized spacial score (nSPS) is 23.5. The molecule has 0 aromatic heterocycles. The van der Waals surface area contributed by atoms with E-state index >= 15 is 0 Å². The maximum absolute atomic E-state index is 13.7. The third-order valence-electron chi connectivity index (χ3n) is 4.00. The number of benzene rings is 1. The van der Waals surface area contributed by atoms with Crippen LogP contribution in [-0.4, -0.2) is 12.4 Å². The first-order valence-electron chi connectivity index (χ1n) is 6.91. The summed E-state index contributed by atoms with van der Waals surface area (Å²) in [6, 6.07) is 5.22. The summed E-state index contributed by atoms with van der Waals surface area (Å²) in [5.74, 6) is 1.86. The number of nitrogens with one attached hydrogen (secondary N) is 1. The molecular formula is C15H20BrClFN. The van der Waals surface area contributed by atoms with Crippen LogP contribution in [-0.2, 0) is 6.54 Å². The molecule has 2 unspecified atom stereocenters. The number of rotatable bonds is 5. The van der Waals surface area contributed by atoms with Crippen molar-refractivity contribution in [2.45, 2.75) is 32.2 Å². The fraction of sp³-hybridized carbons (Fsp3) is 0.600. The molecule has 0 heterocycles. The van der Waals surface area contributed by atoms with Crippen LogP contribution in [0.5, 0.6) is 0 Å². The van der Waals surface area contributed by atoms with Crippen molar-refractivity contribution >= 4 is 27.5 Å². The van der Waals surface area contributed by atoms with E-state index in [0.29, 0.717) is 18.4 Å². The molecule has 1 aromatic rings. The summed E-state index contributed by atoms with van der Waals surface area (Å²) in [5, 5.41) is 3.38. The van der Waals surface area contributed by atoms with E-state index in [2.05, 4.69) is 21.2 Å². The van der Waals surface area contributed by atoms with Gasteiger partial charge in [-0.3, -0.25) is 0 Å². The van der Waals surface area contributed by atoms with Gasteiger partial charge in [0.05, 0.1) is 0 Å². The minimum absolute atomic E-state index is 0.153. The van der Waals surface area contributed by atoms with Crippen LogP contribution in [0, 0.1) is 17.7 Å². The van der Waals surface area contributed by atoms with Crippen LogP contribution >= 0.6 is 27.5 Å². The molecule has 0 amide bonds. The number of alkyl halides is 1. The van der Waals surface area contributed by atoms with E-state index in [-0.39, 0.29) is 5.82 Å². The van der Waals surface area contributed by atoms with Gasteiger partial charge in [0.25, 0.3) is 0 Å². The van der Waals surface area contributed by atoms with Crippen LogP contribution in [0.4, 0.5) is 4.39 Å². The fourth-order valence-corrected chi connectivity index (χ4v) is 3.55. The maximum atomic E-state index is 13.7. The lowest BCUT2D eigenvalue weighted by Gasteiger charge is -2.30. The highest BCUT2D eigenvalue weighted by Gasteiger charge is 2.23. The third-order valence-corrected chi connectivity index (χ3v) is 4.89. The number of hydrogen-bond acceptors (Lipinski definition) is 1. The zero-order valence-corrected chi connectivity index (χ0v) is 13.3. The van der Waals surface area contributed by atoms with E-state index in [1.165, 1.54) is 31.7 Å². The molecule has 0 bridgehead atoms. The average Bonchev–Trinajstić information content (AvgIpc) is 2.42. The van der Waals surface area contributed by atoms with Crippen molar-refractivity contribution in [3.63, 3.8) is 0 Å². The lowest BCUT2D eigenvalue weighted by molar-refractivity contribution is 0.250. The van der Waals surface area contributed by atoms with Crippen molar-refractivity contribution in [2.24, 2.45) is 11.8 Å². The Morgan fingerprint density at radius 2 is 2.00 bits per heavy atom. The summed E-state index contributed by atoms with van der Waals surface area (Å²) in [6.45, 7) is 1.53. The van der Waals surface area contributed by atoms with E-state index in [9.17, 15) is 4.39 Å². The Balaban J connectivity index is 1.82. The minimum Gasteiger partial charge on any atom is -0.312 e. The van der Waals surface area contributed by atoms with Gasteiger partial charge in [-0.25, -0.2) is 4.39 Å². The van der Waals surface area contributed by atoms with E-state index < -0.39 is 0 Å². The van der Waals surface area contributed by atoms with Crippen molar-refractivity contribution in [1.82, 2.24) is 5.32 Å². The molecule has 1 fully saturated rings. The second-order valence-corrected chi connectivity index (χ2v) is 6.55. The van der Waals surface area contributed by atoms with E-state index in [0.717, 1.165) is 22.5 Å². The standard InChI is InChI=1S/C15H20BrClFN/c16-14-6-5-13(15(18)7-14)10-19-9-12-4-2-1-3-11(12)8-17/h5-7,11-12,19H,1-4,8-10H2. The average molecular weight is 349 g/mol. The Labute approximate surface area is 128 Å². The van der Waals surface area contributed by atoms with Gasteiger partial charge in [-0.05, 0) is 43.4 Å². The lowest BCUT2D eigenvalue weighted by Crippen LogP contribution is -2.31. The molecule has 2 atom stereocenters. The Bertz CT molecular complexity index is 413. The van der Waals surface area contributed by atoms with Gasteiger partial charge in [-0.2, -0.15) is 0 Å². The largest absolute Gasteiger partial charge is 0.312 e. The summed E-state index contributed by atoms with van der Waals surface area (Å²) >= 11 is 9.29. The highest BCUT2D eigenvalue weighted by atomic mass is 79.9. The molecule has 1 aliphatic carbocycles. The molecule has 4 heteroatoms. The SMILES string of the molecule is Fc1cc(Br)ccc1CNCC1CCCCC1CCl. The van der Waals surface area contributed by atoms with Crippen molar-refractivity contribution in [3.8, 4) is 0 Å². The zero-order valence-electron chi connectivity index (χ0n) is 11.0. The van der Waals surface area contributed by atoms with Crippen LogP contribution < -0.4 is 5.32 Å². The molecule has 1 aromatic carbocycles. The van der Waals surface area contributed by atoms with Gasteiger partial charge in [0.1, 0.15) is 5.82 Å². The van der Waals surface area contributed by atoms with Gasteiger partial charge >= 0.3 is 0 Å². The first-order valence-corrected chi connectivity index (χ1v) is 8.24. The maximum Gasteiger partial charge on any atom is 0.128 e. The second-order valence-electron chi connectivity index (χ2n) is 5.33. The van der Waals surface area contributed by atoms with E-state index in [1.54, 1.807) is 0 Å². The number of halogens is 3. The first kappa shape index (κ1) is 15.3. The quantitative estimate of drug-likeness (QED) is 0.759. The molecule has 1 saturated carbocycles. The van der Waals surface area contributed by atoms with Crippen LogP contribution in [0.1, 0.15) is 31.2 Å². The Hall–Kier alpha value is -0.120. The second kappa shape index (κ2) is 7.61. The monoisotopic (exact) mass is 347 g/mol. The molecule has 1 N–H and O–H groups in total. The van der Waals surface area contributed by atoms with Gasteiger partial charge in [0, 0.05) is 22.5 Å². The fourth-order valence-electron chi connectivity index (χ4n) is 2.81. The van der Waals surface area contributed by atoms with Crippen LogP contribution in [0.15, 0.2) is 22.7 Å². The van der Waals surface area contributed by atoms with Gasteiger partial charge in [-0.15, -0.1) is 11.6 Å². The smallest absolute Gasteiger partial charge is 0.128 e. The molecule has 19 heavy (non-hydrogen) atoms. The molecule has 0 aliphatic heterocycles. The topological polar surface area (TPSA) is 12.0 Å². The van der Waals surface area contributed by atoms with E-state index in [4.69, 9.17) is 11.6 Å². The van der Waals surface area contributed by atoms with Crippen molar-refractivity contribution < 1.29 is 4.39 Å². The zero-order chi connectivity index (χ0) is 13.7. The lowest BCUT2D eigenvalue weighted by atomic mass is 9.80. The van der Waals surface area contributed by atoms with Crippen LogP contribution in [0.25, 0.3) is 0 Å². The van der Waals surface area contributed by atoms with Crippen molar-refractivity contribution in [3.05, 3.63) is 34.1 Å². The van der Waals surface area contributed by atoms with Crippen molar-refractivity contribution in [2.75, 3.05) is 12.4 Å². The molecular weight excluding hydrogens is 329 g/mol.